The summed E-state index contributed by atoms with van der Waals surface area (Å²) in [5.41, 5.74) is 1.45. The monoisotopic (exact) mass is 624 g/mol. The minimum atomic E-state index is -0.654. The largest absolute Gasteiger partial charge is 0.466 e. The SMILES string of the molecule is CCOC(=O)C[C@H](NC(=O)CNC(=O)c1cncc(NC2=NCC(O)CN2)c1)c1cc(Br)cc(Br)c1. The van der Waals surface area contributed by atoms with Gasteiger partial charge in [-0.2, -0.15) is 0 Å². The second-order valence-corrected chi connectivity index (χ2v) is 9.66. The molecule has 1 aliphatic rings. The summed E-state index contributed by atoms with van der Waals surface area (Å²) in [6, 6.07) is 6.34. The number of nitrogens with one attached hydrogen (secondary N) is 4. The average Bonchev–Trinajstić information content (AvgIpc) is 2.83. The van der Waals surface area contributed by atoms with Gasteiger partial charge in [0.15, 0.2) is 5.96 Å². The highest BCUT2D eigenvalue weighted by atomic mass is 79.9. The van der Waals surface area contributed by atoms with Gasteiger partial charge in [0.2, 0.25) is 5.91 Å². The van der Waals surface area contributed by atoms with E-state index >= 15 is 0 Å². The van der Waals surface area contributed by atoms with Crippen LogP contribution in [0.1, 0.15) is 35.3 Å². The fourth-order valence-corrected chi connectivity index (χ4v) is 4.64. The van der Waals surface area contributed by atoms with Gasteiger partial charge in [-0.15, -0.1) is 0 Å². The van der Waals surface area contributed by atoms with E-state index in [2.05, 4.69) is 63.1 Å². The van der Waals surface area contributed by atoms with E-state index in [0.717, 1.165) is 8.95 Å². The molecule has 1 aliphatic heterocycles. The van der Waals surface area contributed by atoms with Crippen LogP contribution in [0.25, 0.3) is 0 Å². The van der Waals surface area contributed by atoms with Crippen molar-refractivity contribution >= 4 is 61.3 Å². The van der Waals surface area contributed by atoms with Gasteiger partial charge in [0.05, 0.1) is 55.7 Å². The van der Waals surface area contributed by atoms with Crippen molar-refractivity contribution in [3.8, 4) is 0 Å². The molecule has 2 atom stereocenters. The number of rotatable bonds is 9. The zero-order valence-corrected chi connectivity index (χ0v) is 22.6. The molecule has 0 fully saturated rings. The molecule has 2 amide bonds. The van der Waals surface area contributed by atoms with E-state index in [4.69, 9.17) is 4.74 Å². The number of aliphatic hydroxyl groups excluding tert-OH is 1. The Bertz CT molecular complexity index is 1130. The number of ether oxygens (including phenoxy) is 1. The zero-order chi connectivity index (χ0) is 26.1. The van der Waals surface area contributed by atoms with Gasteiger partial charge >= 0.3 is 5.97 Å². The molecule has 13 heteroatoms. The Hall–Kier alpha value is -3.03. The Morgan fingerprint density at radius 1 is 1.19 bits per heavy atom. The molecule has 1 unspecified atom stereocenters. The summed E-state index contributed by atoms with van der Waals surface area (Å²) < 4.78 is 6.59. The van der Waals surface area contributed by atoms with Crippen LogP contribution >= 0.6 is 31.9 Å². The van der Waals surface area contributed by atoms with Crippen molar-refractivity contribution in [3.63, 3.8) is 0 Å². The van der Waals surface area contributed by atoms with E-state index in [1.165, 1.54) is 12.4 Å². The molecule has 5 N–H and O–H groups in total. The van der Waals surface area contributed by atoms with Crippen LogP contribution in [0.5, 0.6) is 0 Å². The van der Waals surface area contributed by atoms with E-state index in [1.54, 1.807) is 25.1 Å². The van der Waals surface area contributed by atoms with Crippen LogP contribution in [-0.4, -0.2) is 66.2 Å². The quantitative estimate of drug-likeness (QED) is 0.265. The van der Waals surface area contributed by atoms with Gasteiger partial charge in [0, 0.05) is 21.7 Å². The number of aliphatic imine (C=N–C) groups is 1. The number of aromatic nitrogens is 1. The lowest BCUT2D eigenvalue weighted by molar-refractivity contribution is -0.143. The Kier molecular flexibility index (Phi) is 10.2. The third kappa shape index (κ3) is 8.57. The van der Waals surface area contributed by atoms with Crippen molar-refractivity contribution in [3.05, 3.63) is 56.7 Å². The number of benzene rings is 1. The topological polar surface area (TPSA) is 154 Å². The van der Waals surface area contributed by atoms with E-state index in [0.29, 0.717) is 23.8 Å². The lowest BCUT2D eigenvalue weighted by Crippen LogP contribution is -2.42. The van der Waals surface area contributed by atoms with Gasteiger partial charge in [-0.05, 0) is 36.8 Å². The second-order valence-electron chi connectivity index (χ2n) is 7.83. The predicted molar refractivity (Wildman–Crippen MR) is 140 cm³/mol. The molecular weight excluding hydrogens is 600 g/mol. The second kappa shape index (κ2) is 13.3. The van der Waals surface area contributed by atoms with E-state index in [1.807, 2.05) is 6.07 Å². The molecule has 0 spiro atoms. The number of aliphatic hydroxyl groups is 1. The average molecular weight is 626 g/mol. The summed E-state index contributed by atoms with van der Waals surface area (Å²) in [6.07, 6.45) is 2.29. The van der Waals surface area contributed by atoms with E-state index in [-0.39, 0.29) is 31.7 Å². The van der Waals surface area contributed by atoms with Crippen LogP contribution in [0.4, 0.5) is 5.69 Å². The Balaban J connectivity index is 1.60. The van der Waals surface area contributed by atoms with Crippen LogP contribution < -0.4 is 21.3 Å². The molecule has 2 aromatic rings. The molecule has 11 nitrogen and oxygen atoms in total. The number of carbonyl (C=O) groups excluding carboxylic acids is 3. The molecule has 1 aromatic carbocycles. The van der Waals surface area contributed by atoms with Crippen LogP contribution in [0.2, 0.25) is 0 Å². The highest BCUT2D eigenvalue weighted by molar-refractivity contribution is 9.11. The molecule has 0 saturated heterocycles. The number of esters is 1. The number of guanidine groups is 1. The fourth-order valence-electron chi connectivity index (χ4n) is 3.31. The molecule has 1 aromatic heterocycles. The van der Waals surface area contributed by atoms with Crippen LogP contribution in [0.3, 0.4) is 0 Å². The van der Waals surface area contributed by atoms with Gasteiger partial charge in [-0.1, -0.05) is 31.9 Å². The zero-order valence-electron chi connectivity index (χ0n) is 19.4. The highest BCUT2D eigenvalue weighted by Gasteiger charge is 2.21. The normalized spacial score (nSPS) is 15.7. The number of anilines is 1. The van der Waals surface area contributed by atoms with Crippen LogP contribution in [0, 0.1) is 0 Å². The van der Waals surface area contributed by atoms with Gasteiger partial charge in [-0.25, -0.2) is 0 Å². The smallest absolute Gasteiger partial charge is 0.308 e. The number of nitrogens with zero attached hydrogens (tertiary/aromatic N) is 2. The first-order valence-corrected chi connectivity index (χ1v) is 12.7. The Morgan fingerprint density at radius 3 is 2.61 bits per heavy atom. The number of β-amino-alcohol motifs (C(OH)–C–C–N with tert-alkyl or cyclic N) is 1. The third-order valence-electron chi connectivity index (χ3n) is 4.94. The number of amides is 2. The minimum absolute atomic E-state index is 0.0665. The highest BCUT2D eigenvalue weighted by Crippen LogP contribution is 2.26. The summed E-state index contributed by atoms with van der Waals surface area (Å²) in [5, 5.41) is 20.8. The summed E-state index contributed by atoms with van der Waals surface area (Å²) in [4.78, 5) is 45.6. The molecule has 2 heterocycles. The summed E-state index contributed by atoms with van der Waals surface area (Å²) in [6.45, 7) is 2.26. The molecule has 0 saturated carbocycles. The van der Waals surface area contributed by atoms with E-state index < -0.39 is 29.9 Å². The number of carbonyl (C=O) groups is 3. The molecule has 0 bridgehead atoms. The first kappa shape index (κ1) is 27.6. The maximum atomic E-state index is 12.7. The van der Waals surface area contributed by atoms with Crippen molar-refractivity contribution in [2.24, 2.45) is 4.99 Å². The van der Waals surface area contributed by atoms with Gasteiger partial charge in [0.25, 0.3) is 5.91 Å². The lowest BCUT2D eigenvalue weighted by Gasteiger charge is -2.20. The first-order valence-electron chi connectivity index (χ1n) is 11.1. The molecule has 3 rings (SSSR count). The van der Waals surface area contributed by atoms with Crippen molar-refractivity contribution in [2.75, 3.05) is 31.6 Å². The Labute approximate surface area is 224 Å². The first-order chi connectivity index (χ1) is 17.2. The van der Waals surface area contributed by atoms with Crippen molar-refractivity contribution in [1.29, 1.82) is 0 Å². The number of halogens is 2. The van der Waals surface area contributed by atoms with Crippen LogP contribution in [-0.2, 0) is 14.3 Å². The van der Waals surface area contributed by atoms with Gasteiger partial charge < -0.3 is 31.1 Å². The summed E-state index contributed by atoms with van der Waals surface area (Å²) in [7, 11) is 0. The molecule has 36 heavy (non-hydrogen) atoms. The minimum Gasteiger partial charge on any atom is -0.466 e. The third-order valence-corrected chi connectivity index (χ3v) is 5.85. The van der Waals surface area contributed by atoms with Gasteiger partial charge in [-0.3, -0.25) is 24.4 Å². The maximum absolute atomic E-state index is 12.7. The number of hydrogen-bond acceptors (Lipinski definition) is 9. The molecule has 192 valence electrons. The molecule has 0 aliphatic carbocycles. The maximum Gasteiger partial charge on any atom is 0.308 e. The summed E-state index contributed by atoms with van der Waals surface area (Å²) >= 11 is 6.82. The van der Waals surface area contributed by atoms with Gasteiger partial charge in [0.1, 0.15) is 0 Å². The standard InChI is InChI=1S/C23H26Br2N6O5/c1-2-36-21(34)7-19(13-3-15(24)6-16(25)4-13)31-20(33)12-27-22(35)14-5-17(9-26-8-14)30-23-28-10-18(32)11-29-23/h3-6,8-9,18-19,32H,2,7,10-12H2,1H3,(H,27,35)(H,31,33)(H2,28,29,30)/t19-/m0/s1. The van der Waals surface area contributed by atoms with E-state index in [9.17, 15) is 19.5 Å². The number of pyridine rings is 1. The van der Waals surface area contributed by atoms with Crippen molar-refractivity contribution < 1.29 is 24.2 Å². The van der Waals surface area contributed by atoms with Crippen molar-refractivity contribution in [1.82, 2.24) is 20.9 Å². The lowest BCUT2D eigenvalue weighted by atomic mass is 10.0. The predicted octanol–water partition coefficient (Wildman–Crippen LogP) is 1.88. The number of hydrogen-bond donors (Lipinski definition) is 5. The molecule has 0 radical (unpaired) electrons. The van der Waals surface area contributed by atoms with Crippen LogP contribution in [0.15, 0.2) is 50.6 Å². The molecular formula is C23H26Br2N6O5. The fraction of sp³-hybridized carbons (Fsp3) is 0.348. The Morgan fingerprint density at radius 2 is 1.94 bits per heavy atom. The van der Waals surface area contributed by atoms with Crippen molar-refractivity contribution in [2.45, 2.75) is 25.5 Å². The summed E-state index contributed by atoms with van der Waals surface area (Å²) in [5.74, 6) is -0.964.